The van der Waals surface area contributed by atoms with E-state index in [1.54, 1.807) is 11.0 Å². The van der Waals surface area contributed by atoms with Crippen LogP contribution in [0.3, 0.4) is 0 Å². The normalized spacial score (nSPS) is 18.4. The fourth-order valence-electron chi connectivity index (χ4n) is 1.83. The number of hydrogen-bond acceptors (Lipinski definition) is 5. The zero-order chi connectivity index (χ0) is 12.3. The van der Waals surface area contributed by atoms with Gasteiger partial charge in [0.25, 0.3) is 0 Å². The number of likely N-dealkylation sites (N-methyl/N-ethyl adjacent to an activating group) is 1. The van der Waals surface area contributed by atoms with Crippen LogP contribution < -0.4 is 5.73 Å². The molecule has 1 aliphatic rings. The number of hydrogen-bond donors (Lipinski definition) is 1. The molecule has 0 unspecified atom stereocenters. The maximum absolute atomic E-state index is 5.46. The van der Waals surface area contributed by atoms with Gasteiger partial charge in [0.15, 0.2) is 0 Å². The molecule has 7 heteroatoms. The molecule has 1 saturated heterocycles. The van der Waals surface area contributed by atoms with Crippen LogP contribution in [0, 0.1) is 0 Å². The molecule has 1 fully saturated rings. The lowest BCUT2D eigenvalue weighted by Crippen LogP contribution is -2.45. The highest BCUT2D eigenvalue weighted by atomic mass is 32.1. The van der Waals surface area contributed by atoms with Gasteiger partial charge in [-0.25, -0.2) is 4.98 Å². The number of nitrogens with two attached hydrogens (primary N) is 1. The second kappa shape index (κ2) is 5.52. The van der Waals surface area contributed by atoms with E-state index in [2.05, 4.69) is 26.9 Å². The molecular weight excluding hydrogens is 236 g/mol. The van der Waals surface area contributed by atoms with Crippen LogP contribution in [-0.2, 0) is 6.54 Å². The molecule has 1 aromatic rings. The molecule has 17 heavy (non-hydrogen) atoms. The summed E-state index contributed by atoms with van der Waals surface area (Å²) in [5, 5.41) is 4.21. The minimum Gasteiger partial charge on any atom is -0.387 e. The van der Waals surface area contributed by atoms with E-state index in [-0.39, 0.29) is 4.99 Å². The highest BCUT2D eigenvalue weighted by molar-refractivity contribution is 7.80. The van der Waals surface area contributed by atoms with Crippen molar-refractivity contribution in [3.05, 3.63) is 12.2 Å². The molecule has 1 aromatic heterocycles. The summed E-state index contributed by atoms with van der Waals surface area (Å²) < 4.78 is 1.80. The Hall–Kier alpha value is -1.05. The van der Waals surface area contributed by atoms with E-state index in [1.165, 1.54) is 0 Å². The molecule has 94 valence electrons. The van der Waals surface area contributed by atoms with Crippen LogP contribution >= 0.6 is 12.2 Å². The van der Waals surface area contributed by atoms with Gasteiger partial charge >= 0.3 is 0 Å². The average molecular weight is 254 g/mol. The maximum atomic E-state index is 5.46. The van der Waals surface area contributed by atoms with E-state index in [9.17, 15) is 0 Å². The smallest absolute Gasteiger partial charge is 0.208 e. The monoisotopic (exact) mass is 254 g/mol. The summed E-state index contributed by atoms with van der Waals surface area (Å²) in [5.41, 5.74) is 5.46. The Morgan fingerprint density at radius 3 is 2.65 bits per heavy atom. The molecule has 0 saturated carbocycles. The molecule has 0 aliphatic carbocycles. The standard InChI is InChI=1S/C10H18N6S/c1-14-2-4-15(5-3-14)6-7-16-8-12-10(13-16)9(11)17/h8H,2-7H2,1H3,(H2,11,17). The first kappa shape index (κ1) is 12.4. The summed E-state index contributed by atoms with van der Waals surface area (Å²) in [5.74, 6) is 0.457. The lowest BCUT2D eigenvalue weighted by Gasteiger charge is -2.32. The third kappa shape index (κ3) is 3.45. The molecule has 0 aromatic carbocycles. The zero-order valence-electron chi connectivity index (χ0n) is 10.0. The summed E-state index contributed by atoms with van der Waals surface area (Å²) in [7, 11) is 2.16. The van der Waals surface area contributed by atoms with Crippen molar-refractivity contribution in [2.75, 3.05) is 39.8 Å². The van der Waals surface area contributed by atoms with E-state index in [4.69, 9.17) is 18.0 Å². The summed E-state index contributed by atoms with van der Waals surface area (Å²) in [4.78, 5) is 9.08. The molecule has 0 radical (unpaired) electrons. The van der Waals surface area contributed by atoms with Crippen molar-refractivity contribution < 1.29 is 0 Å². The number of piperazine rings is 1. The van der Waals surface area contributed by atoms with Crippen molar-refractivity contribution in [3.8, 4) is 0 Å². The van der Waals surface area contributed by atoms with Crippen LogP contribution in [0.4, 0.5) is 0 Å². The second-order valence-corrected chi connectivity index (χ2v) is 4.78. The van der Waals surface area contributed by atoms with Gasteiger partial charge in [0.2, 0.25) is 5.82 Å². The Bertz CT molecular complexity index is 382. The molecule has 0 spiro atoms. The first-order valence-corrected chi connectivity index (χ1v) is 6.16. The van der Waals surface area contributed by atoms with Gasteiger partial charge in [-0.05, 0) is 7.05 Å². The summed E-state index contributed by atoms with van der Waals surface area (Å²) >= 11 is 4.82. The van der Waals surface area contributed by atoms with Gasteiger partial charge in [0.1, 0.15) is 11.3 Å². The number of nitrogens with zero attached hydrogens (tertiary/aromatic N) is 5. The van der Waals surface area contributed by atoms with Gasteiger partial charge in [-0.3, -0.25) is 9.58 Å². The Kier molecular flexibility index (Phi) is 4.03. The van der Waals surface area contributed by atoms with Crippen molar-refractivity contribution in [2.24, 2.45) is 5.73 Å². The van der Waals surface area contributed by atoms with Gasteiger partial charge in [0.05, 0.1) is 6.54 Å². The third-order valence-electron chi connectivity index (χ3n) is 3.00. The minimum atomic E-state index is 0.253. The highest BCUT2D eigenvalue weighted by Gasteiger charge is 2.13. The zero-order valence-corrected chi connectivity index (χ0v) is 10.9. The highest BCUT2D eigenvalue weighted by Crippen LogP contribution is 1.99. The van der Waals surface area contributed by atoms with E-state index < -0.39 is 0 Å². The summed E-state index contributed by atoms with van der Waals surface area (Å²) in [6, 6.07) is 0. The van der Waals surface area contributed by atoms with Crippen LogP contribution in [-0.4, -0.2) is 69.3 Å². The van der Waals surface area contributed by atoms with Gasteiger partial charge < -0.3 is 10.6 Å². The first-order valence-electron chi connectivity index (χ1n) is 5.75. The lowest BCUT2D eigenvalue weighted by molar-refractivity contribution is 0.148. The minimum absolute atomic E-state index is 0.253. The molecule has 2 N–H and O–H groups in total. The first-order chi connectivity index (χ1) is 8.15. The number of rotatable bonds is 4. The van der Waals surface area contributed by atoms with Crippen molar-refractivity contribution >= 4 is 17.2 Å². The van der Waals surface area contributed by atoms with E-state index in [0.29, 0.717) is 5.82 Å². The Labute approximate surface area is 106 Å². The molecule has 2 rings (SSSR count). The fraction of sp³-hybridized carbons (Fsp3) is 0.700. The molecule has 0 amide bonds. The van der Waals surface area contributed by atoms with Crippen molar-refractivity contribution in [2.45, 2.75) is 6.54 Å². The molecular formula is C10H18N6S. The lowest BCUT2D eigenvalue weighted by atomic mass is 10.3. The SMILES string of the molecule is CN1CCN(CCn2cnc(C(N)=S)n2)CC1. The van der Waals surface area contributed by atoms with Crippen LogP contribution in [0.1, 0.15) is 5.82 Å². The largest absolute Gasteiger partial charge is 0.387 e. The maximum Gasteiger partial charge on any atom is 0.208 e. The van der Waals surface area contributed by atoms with Crippen LogP contribution in [0.15, 0.2) is 6.33 Å². The topological polar surface area (TPSA) is 63.2 Å². The summed E-state index contributed by atoms with van der Waals surface area (Å²) in [6.07, 6.45) is 1.69. The molecule has 1 aliphatic heterocycles. The Morgan fingerprint density at radius 1 is 1.35 bits per heavy atom. The van der Waals surface area contributed by atoms with E-state index in [1.807, 2.05) is 0 Å². The fourth-order valence-corrected chi connectivity index (χ4v) is 1.92. The molecule has 6 nitrogen and oxygen atoms in total. The van der Waals surface area contributed by atoms with Gasteiger partial charge in [-0.1, -0.05) is 12.2 Å². The van der Waals surface area contributed by atoms with Crippen LogP contribution in [0.5, 0.6) is 0 Å². The van der Waals surface area contributed by atoms with Gasteiger partial charge in [-0.2, -0.15) is 0 Å². The van der Waals surface area contributed by atoms with Crippen LogP contribution in [0.25, 0.3) is 0 Å². The predicted octanol–water partition coefficient (Wildman–Crippen LogP) is -0.840. The van der Waals surface area contributed by atoms with Crippen LogP contribution in [0.2, 0.25) is 0 Å². The van der Waals surface area contributed by atoms with Gasteiger partial charge in [0, 0.05) is 32.7 Å². The molecule has 0 atom stereocenters. The van der Waals surface area contributed by atoms with Crippen molar-refractivity contribution in [1.29, 1.82) is 0 Å². The molecule has 2 heterocycles. The van der Waals surface area contributed by atoms with E-state index in [0.717, 1.165) is 39.3 Å². The van der Waals surface area contributed by atoms with Gasteiger partial charge in [-0.15, -0.1) is 5.10 Å². The van der Waals surface area contributed by atoms with E-state index >= 15 is 0 Å². The second-order valence-electron chi connectivity index (χ2n) is 4.34. The van der Waals surface area contributed by atoms with Crippen molar-refractivity contribution in [1.82, 2.24) is 24.6 Å². The molecule has 0 bridgehead atoms. The predicted molar refractivity (Wildman–Crippen MR) is 69.8 cm³/mol. The average Bonchev–Trinajstić information content (AvgIpc) is 2.77. The summed E-state index contributed by atoms with van der Waals surface area (Å²) in [6.45, 7) is 6.33. The third-order valence-corrected chi connectivity index (χ3v) is 3.18. The Morgan fingerprint density at radius 2 is 2.06 bits per heavy atom. The van der Waals surface area contributed by atoms with Crippen molar-refractivity contribution in [3.63, 3.8) is 0 Å². The Balaban J connectivity index is 1.79. The number of thiocarbonyl (C=S) groups is 1. The number of aromatic nitrogens is 3. The quantitative estimate of drug-likeness (QED) is 0.707.